The Morgan fingerprint density at radius 3 is 2.73 bits per heavy atom. The lowest BCUT2D eigenvalue weighted by atomic mass is 9.96. The third-order valence-electron chi connectivity index (χ3n) is 8.52. The zero-order valence-electron chi connectivity index (χ0n) is 23.9. The van der Waals surface area contributed by atoms with Crippen LogP contribution in [0.4, 0.5) is 5.82 Å². The Labute approximate surface area is 246 Å². The van der Waals surface area contributed by atoms with E-state index in [2.05, 4.69) is 49.4 Å². The summed E-state index contributed by atoms with van der Waals surface area (Å²) in [6.45, 7) is 11.3. The average molecular weight is 574 g/mol. The number of fused-ring (bicyclic) bond motifs is 2. The van der Waals surface area contributed by atoms with Gasteiger partial charge in [0.15, 0.2) is 0 Å². The second kappa shape index (κ2) is 11.3. The largest absolute Gasteiger partial charge is 0.462 e. The van der Waals surface area contributed by atoms with Gasteiger partial charge in [-0.05, 0) is 63.4 Å². The van der Waals surface area contributed by atoms with Crippen molar-refractivity contribution in [3.05, 3.63) is 70.8 Å². The van der Waals surface area contributed by atoms with Gasteiger partial charge in [-0.3, -0.25) is 4.79 Å². The third-order valence-corrected chi connectivity index (χ3v) is 8.83. The molecule has 2 aromatic carbocycles. The molecule has 0 spiro atoms. The Bertz CT molecular complexity index is 1530. The topological polar surface area (TPSA) is 71.0 Å². The van der Waals surface area contributed by atoms with E-state index in [1.54, 1.807) is 0 Å². The Hall–Kier alpha value is -3.62. The first kappa shape index (κ1) is 27.5. The number of carbonyl (C=O) groups excluding carboxylic acids is 1. The molecule has 0 aliphatic carbocycles. The molecular weight excluding hydrogens is 538 g/mol. The van der Waals surface area contributed by atoms with Gasteiger partial charge in [-0.25, -0.2) is 0 Å². The van der Waals surface area contributed by atoms with Crippen molar-refractivity contribution in [3.8, 4) is 11.9 Å². The van der Waals surface area contributed by atoms with E-state index >= 15 is 0 Å². The number of anilines is 1. The van der Waals surface area contributed by atoms with E-state index in [0.717, 1.165) is 58.4 Å². The molecule has 2 atom stereocenters. The van der Waals surface area contributed by atoms with E-state index in [1.165, 1.54) is 6.08 Å². The molecule has 8 nitrogen and oxygen atoms in total. The maximum absolute atomic E-state index is 12.3. The predicted octanol–water partition coefficient (Wildman–Crippen LogP) is 5.35. The van der Waals surface area contributed by atoms with Gasteiger partial charge < -0.3 is 24.2 Å². The molecule has 1 aromatic heterocycles. The number of benzene rings is 2. The zero-order chi connectivity index (χ0) is 28.7. The lowest BCUT2D eigenvalue weighted by Gasteiger charge is -2.41. The fraction of sp³-hybridized carbons (Fsp3) is 0.406. The zero-order valence-corrected chi connectivity index (χ0v) is 24.7. The van der Waals surface area contributed by atoms with Gasteiger partial charge in [0.05, 0.1) is 5.56 Å². The number of piperazine rings is 1. The highest BCUT2D eigenvalue weighted by molar-refractivity contribution is 6.36. The van der Waals surface area contributed by atoms with Crippen molar-refractivity contribution in [3.63, 3.8) is 0 Å². The fourth-order valence-corrected chi connectivity index (χ4v) is 6.52. The molecular formula is C32H36ClN5O3. The highest BCUT2D eigenvalue weighted by atomic mass is 35.5. The van der Waals surface area contributed by atoms with Gasteiger partial charge in [0, 0.05) is 54.1 Å². The maximum atomic E-state index is 12.3. The number of nitrogens with zero attached hydrogens (tertiary/aromatic N) is 5. The molecule has 0 saturated carbocycles. The molecule has 0 N–H and O–H groups in total. The summed E-state index contributed by atoms with van der Waals surface area (Å²) in [4.78, 5) is 28.5. The van der Waals surface area contributed by atoms with Crippen LogP contribution in [0, 0.1) is 0 Å². The molecule has 3 aliphatic heterocycles. The van der Waals surface area contributed by atoms with Gasteiger partial charge >= 0.3 is 6.01 Å². The molecule has 2 fully saturated rings. The number of rotatable bonds is 6. The van der Waals surface area contributed by atoms with Gasteiger partial charge in [-0.2, -0.15) is 9.97 Å². The SMILES string of the molecule is C=CC(=O)N1CCN(c2nc(OC[C@@H]3CCCN3C)nc3c2CC(C)=C(c2cccc4cccc(Cl)c24)O3)[C@@H](C)C1. The molecule has 6 rings (SSSR count). The number of carbonyl (C=O) groups is 1. The summed E-state index contributed by atoms with van der Waals surface area (Å²) >= 11 is 6.69. The predicted molar refractivity (Wildman–Crippen MR) is 163 cm³/mol. The van der Waals surface area contributed by atoms with Gasteiger partial charge in [0.1, 0.15) is 18.2 Å². The first-order chi connectivity index (χ1) is 19.8. The van der Waals surface area contributed by atoms with Gasteiger partial charge in [-0.15, -0.1) is 0 Å². The number of ether oxygens (including phenoxy) is 2. The number of hydrogen-bond donors (Lipinski definition) is 0. The molecule has 1 amide bonds. The Kier molecular flexibility index (Phi) is 7.62. The summed E-state index contributed by atoms with van der Waals surface area (Å²) in [5.41, 5.74) is 2.94. The monoisotopic (exact) mass is 573 g/mol. The van der Waals surface area contributed by atoms with Crippen LogP contribution in [0.15, 0.2) is 54.6 Å². The summed E-state index contributed by atoms with van der Waals surface area (Å²) in [5, 5.41) is 2.70. The van der Waals surface area contributed by atoms with Crippen LogP contribution in [0.3, 0.4) is 0 Å². The van der Waals surface area contributed by atoms with Gasteiger partial charge in [0.2, 0.25) is 11.8 Å². The summed E-state index contributed by atoms with van der Waals surface area (Å²) in [5.74, 6) is 2.02. The van der Waals surface area contributed by atoms with E-state index in [4.69, 9.17) is 31.0 Å². The molecule has 214 valence electrons. The Morgan fingerprint density at radius 1 is 1.20 bits per heavy atom. The smallest absolute Gasteiger partial charge is 0.321 e. The molecule has 4 heterocycles. The molecule has 41 heavy (non-hydrogen) atoms. The van der Waals surface area contributed by atoms with Crippen LogP contribution < -0.4 is 14.4 Å². The third kappa shape index (κ3) is 5.26. The number of likely N-dealkylation sites (N-methyl/N-ethyl adjacent to an activating group) is 1. The number of aromatic nitrogens is 2. The number of amides is 1. The van der Waals surface area contributed by atoms with Crippen LogP contribution in [0.5, 0.6) is 11.9 Å². The fourth-order valence-electron chi connectivity index (χ4n) is 6.23. The van der Waals surface area contributed by atoms with Crippen molar-refractivity contribution in [2.45, 2.75) is 45.2 Å². The van der Waals surface area contributed by atoms with Gasteiger partial charge in [-0.1, -0.05) is 48.5 Å². The molecule has 2 saturated heterocycles. The number of likely N-dealkylation sites (tertiary alicyclic amines) is 1. The second-order valence-corrected chi connectivity index (χ2v) is 11.7. The normalized spacial score (nSPS) is 21.2. The maximum Gasteiger partial charge on any atom is 0.321 e. The van der Waals surface area contributed by atoms with Crippen molar-refractivity contribution in [1.82, 2.24) is 19.8 Å². The molecule has 3 aliphatic rings. The van der Waals surface area contributed by atoms with Crippen molar-refractivity contribution >= 4 is 39.9 Å². The van der Waals surface area contributed by atoms with Crippen LogP contribution >= 0.6 is 11.6 Å². The standard InChI is InChI=1S/C32H36ClN5O3/c1-5-27(39)37-15-16-38(21(3)18-37)30-25-17-20(2)29(24-12-6-9-22-10-7-13-26(33)28(22)24)41-31(25)35-32(34-30)40-19-23-11-8-14-36(23)4/h5-7,9-10,12-13,21,23H,1,8,11,14-19H2,2-4H3/t21-,23-/m0/s1. The van der Waals surface area contributed by atoms with Crippen molar-refractivity contribution in [2.24, 2.45) is 0 Å². The Morgan fingerprint density at radius 2 is 2.00 bits per heavy atom. The highest BCUT2D eigenvalue weighted by Crippen LogP contribution is 2.42. The molecule has 0 unspecified atom stereocenters. The summed E-state index contributed by atoms with van der Waals surface area (Å²) < 4.78 is 12.9. The van der Waals surface area contributed by atoms with Gasteiger partial charge in [0.25, 0.3) is 0 Å². The molecule has 9 heteroatoms. The number of allylic oxidation sites excluding steroid dienone is 1. The van der Waals surface area contributed by atoms with E-state index in [0.29, 0.717) is 55.6 Å². The van der Waals surface area contributed by atoms with E-state index in [1.807, 2.05) is 29.2 Å². The second-order valence-electron chi connectivity index (χ2n) is 11.3. The first-order valence-electron chi connectivity index (χ1n) is 14.3. The molecule has 0 radical (unpaired) electrons. The minimum absolute atomic E-state index is 0.0445. The minimum atomic E-state index is -0.0496. The lowest BCUT2D eigenvalue weighted by molar-refractivity contribution is -0.126. The van der Waals surface area contributed by atoms with Crippen LogP contribution in [0.1, 0.15) is 37.8 Å². The van der Waals surface area contributed by atoms with Crippen LogP contribution in [0.2, 0.25) is 5.02 Å². The molecule has 3 aromatic rings. The number of hydrogen-bond acceptors (Lipinski definition) is 7. The van der Waals surface area contributed by atoms with E-state index < -0.39 is 0 Å². The van der Waals surface area contributed by atoms with Crippen molar-refractivity contribution in [1.29, 1.82) is 0 Å². The van der Waals surface area contributed by atoms with Crippen LogP contribution in [0.25, 0.3) is 16.5 Å². The van der Waals surface area contributed by atoms with E-state index in [-0.39, 0.29) is 11.9 Å². The van der Waals surface area contributed by atoms with Crippen molar-refractivity contribution < 1.29 is 14.3 Å². The highest BCUT2D eigenvalue weighted by Gasteiger charge is 2.33. The number of halogens is 1. The van der Waals surface area contributed by atoms with E-state index in [9.17, 15) is 4.79 Å². The van der Waals surface area contributed by atoms with Crippen molar-refractivity contribution in [2.75, 3.05) is 44.7 Å². The van der Waals surface area contributed by atoms with Crippen LogP contribution in [-0.2, 0) is 11.2 Å². The quantitative estimate of drug-likeness (QED) is 0.368. The average Bonchev–Trinajstić information content (AvgIpc) is 3.39. The Balaban J connectivity index is 1.38. The lowest BCUT2D eigenvalue weighted by Crippen LogP contribution is -2.54. The minimum Gasteiger partial charge on any atom is -0.462 e. The first-order valence-corrected chi connectivity index (χ1v) is 14.7. The summed E-state index contributed by atoms with van der Waals surface area (Å²) in [6, 6.07) is 12.7. The molecule has 0 bridgehead atoms. The van der Waals surface area contributed by atoms with Crippen LogP contribution in [-0.4, -0.2) is 77.6 Å². The summed E-state index contributed by atoms with van der Waals surface area (Å²) in [7, 11) is 2.13. The summed E-state index contributed by atoms with van der Waals surface area (Å²) in [6.07, 6.45) is 4.26.